The Bertz CT molecular complexity index is 2120. The van der Waals surface area contributed by atoms with Crippen LogP contribution in [-0.2, 0) is 20.7 Å². The van der Waals surface area contributed by atoms with Crippen LogP contribution in [0, 0.1) is 13.8 Å². The summed E-state index contributed by atoms with van der Waals surface area (Å²) in [7, 11) is 5.21. The Labute approximate surface area is 323 Å². The van der Waals surface area contributed by atoms with Crippen LogP contribution in [0.25, 0.3) is 22.1 Å². The van der Waals surface area contributed by atoms with E-state index in [1.165, 1.54) is 7.11 Å². The number of fused-ring (bicyclic) bond motifs is 8. The maximum atomic E-state index is 14.2. The second-order valence-electron chi connectivity index (χ2n) is 15.2. The summed E-state index contributed by atoms with van der Waals surface area (Å²) in [6, 6.07) is 5.93. The van der Waals surface area contributed by atoms with Crippen LogP contribution in [0.15, 0.2) is 18.2 Å². The molecule has 0 saturated heterocycles. The Morgan fingerprint density at radius 2 is 1.51 bits per heavy atom. The van der Waals surface area contributed by atoms with Gasteiger partial charge in [0.2, 0.25) is 5.91 Å². The number of aromatic nitrogens is 4. The van der Waals surface area contributed by atoms with Gasteiger partial charge >= 0.3 is 5.97 Å². The van der Waals surface area contributed by atoms with Crippen LogP contribution in [0.1, 0.15) is 137 Å². The minimum Gasteiger partial charge on any atom is -0.469 e. The standard InChI is InChI=1S/C42H57N7O6/c1-10-27-22(2)30-21-35-38(26(6)51)24(4)32(46-35)19-31-23(3)28(12-13-36(52)43-14-11-17-50)40(47-31)29(18-37(53)55-9)41-39(42(54)44-15-16-49(7)8)25(5)33(48-41)20-34(27)45-30/h19-23,27-28,46,48,50H,10-18H2,1-9H3,(H,43,52)(H,44,54)/t22-,23+,27-,28+/m1/s1. The number of H-pyrrole nitrogens is 2. The molecule has 2 aliphatic rings. The lowest BCUT2D eigenvalue weighted by atomic mass is 9.85. The number of carbonyl (C=O) groups is 4. The van der Waals surface area contributed by atoms with E-state index >= 15 is 0 Å². The summed E-state index contributed by atoms with van der Waals surface area (Å²) in [5, 5.41) is 15.2. The SMILES string of the molecule is CC[C@H]1c2cc3[nH]c(c(CC(=O)OC)c4nc(cc5[nH]c(cc(n2)[C@@H]1C)c(C(C)=O)c5C)[C@@H](C)[C@@H]4CCC(=O)NCCCO)c(C(=O)NCCN(C)C)c3C. The summed E-state index contributed by atoms with van der Waals surface area (Å²) < 4.78 is 5.23. The van der Waals surface area contributed by atoms with Gasteiger partial charge in [0.25, 0.3) is 5.91 Å². The van der Waals surface area contributed by atoms with E-state index in [2.05, 4.69) is 34.4 Å². The number of carbonyl (C=O) groups excluding carboxylic acids is 4. The molecule has 3 aromatic heterocycles. The predicted octanol–water partition coefficient (Wildman–Crippen LogP) is 5.60. The summed E-state index contributed by atoms with van der Waals surface area (Å²) in [5.41, 5.74) is 8.60. The van der Waals surface area contributed by atoms with Crippen molar-refractivity contribution in [2.24, 2.45) is 0 Å². The van der Waals surface area contributed by atoms with Gasteiger partial charge in [-0.3, -0.25) is 29.1 Å². The molecule has 5 rings (SSSR count). The average Bonchev–Trinajstić information content (AvgIpc) is 3.82. The first-order chi connectivity index (χ1) is 26.2. The molecule has 5 heterocycles. The highest BCUT2D eigenvalue weighted by Gasteiger charge is 2.34. The van der Waals surface area contributed by atoms with Crippen molar-refractivity contribution in [1.29, 1.82) is 0 Å². The van der Waals surface area contributed by atoms with Gasteiger partial charge in [0.05, 0.1) is 35.8 Å². The number of esters is 1. The van der Waals surface area contributed by atoms with Crippen molar-refractivity contribution in [1.82, 2.24) is 35.5 Å². The zero-order valence-corrected chi connectivity index (χ0v) is 33.7. The number of aliphatic hydroxyl groups excluding tert-OH is 1. The smallest absolute Gasteiger partial charge is 0.310 e. The van der Waals surface area contributed by atoms with E-state index in [1.807, 2.05) is 58.0 Å². The molecule has 55 heavy (non-hydrogen) atoms. The normalized spacial score (nSPS) is 18.0. The number of aromatic amines is 2. The molecule has 0 unspecified atom stereocenters. The van der Waals surface area contributed by atoms with Crippen LogP contribution in [-0.4, -0.2) is 101 Å². The van der Waals surface area contributed by atoms with Crippen molar-refractivity contribution in [3.05, 3.63) is 68.8 Å². The fraction of sp³-hybridized carbons (Fsp3) is 0.524. The fourth-order valence-electron chi connectivity index (χ4n) is 8.01. The van der Waals surface area contributed by atoms with Crippen LogP contribution in [0.3, 0.4) is 0 Å². The quantitative estimate of drug-likeness (QED) is 0.0794. The molecule has 13 heteroatoms. The molecule has 4 atom stereocenters. The highest BCUT2D eigenvalue weighted by molar-refractivity contribution is 6.06. The van der Waals surface area contributed by atoms with Gasteiger partial charge in [-0.05, 0) is 83.5 Å². The Balaban J connectivity index is 1.92. The lowest BCUT2D eigenvalue weighted by Gasteiger charge is -2.18. The van der Waals surface area contributed by atoms with Crippen LogP contribution in [0.4, 0.5) is 0 Å². The monoisotopic (exact) mass is 755 g/mol. The van der Waals surface area contributed by atoms with Crippen LogP contribution in [0.2, 0.25) is 0 Å². The maximum absolute atomic E-state index is 14.2. The third-order valence-electron chi connectivity index (χ3n) is 11.2. The van der Waals surface area contributed by atoms with Crippen LogP contribution >= 0.6 is 0 Å². The molecule has 0 aromatic carbocycles. The molecule has 0 saturated carbocycles. The first-order valence-electron chi connectivity index (χ1n) is 19.3. The number of hydrogen-bond donors (Lipinski definition) is 5. The van der Waals surface area contributed by atoms with Crippen molar-refractivity contribution in [2.75, 3.05) is 47.4 Å². The third-order valence-corrected chi connectivity index (χ3v) is 11.2. The van der Waals surface area contributed by atoms with E-state index < -0.39 is 5.97 Å². The zero-order valence-electron chi connectivity index (χ0n) is 33.7. The lowest BCUT2D eigenvalue weighted by Crippen LogP contribution is -2.31. The van der Waals surface area contributed by atoms with Crippen molar-refractivity contribution < 1.29 is 29.0 Å². The fourth-order valence-corrected chi connectivity index (χ4v) is 8.01. The molecular weight excluding hydrogens is 699 g/mol. The number of ether oxygens (including phenoxy) is 1. The number of amides is 2. The minimum absolute atomic E-state index is 0.0232. The van der Waals surface area contributed by atoms with Gasteiger partial charge in [-0.25, -0.2) is 0 Å². The molecule has 296 valence electrons. The number of rotatable bonds is 14. The highest BCUT2D eigenvalue weighted by Crippen LogP contribution is 2.43. The number of nitrogens with zero attached hydrogens (tertiary/aromatic N) is 3. The summed E-state index contributed by atoms with van der Waals surface area (Å²) in [6.07, 6.45) is 1.69. The minimum atomic E-state index is -0.500. The van der Waals surface area contributed by atoms with E-state index in [4.69, 9.17) is 14.7 Å². The lowest BCUT2D eigenvalue weighted by molar-refractivity contribution is -0.139. The molecule has 8 bridgehead atoms. The molecule has 2 amide bonds. The Morgan fingerprint density at radius 3 is 2.16 bits per heavy atom. The van der Waals surface area contributed by atoms with Gasteiger partial charge in [-0.2, -0.15) is 0 Å². The molecule has 5 N–H and O–H groups in total. The van der Waals surface area contributed by atoms with Crippen molar-refractivity contribution in [2.45, 2.75) is 97.3 Å². The van der Waals surface area contributed by atoms with Crippen molar-refractivity contribution in [3.63, 3.8) is 0 Å². The molecule has 0 aliphatic carbocycles. The van der Waals surface area contributed by atoms with Gasteiger partial charge in [0.1, 0.15) is 0 Å². The maximum Gasteiger partial charge on any atom is 0.310 e. The Kier molecular flexibility index (Phi) is 13.3. The third kappa shape index (κ3) is 8.83. The number of aliphatic hydroxyl groups is 1. The van der Waals surface area contributed by atoms with E-state index in [9.17, 15) is 24.3 Å². The topological polar surface area (TPSA) is 182 Å². The zero-order chi connectivity index (χ0) is 40.1. The molecule has 2 aliphatic heterocycles. The Hall–Kier alpha value is -4.88. The first-order valence-corrected chi connectivity index (χ1v) is 19.3. The van der Waals surface area contributed by atoms with Gasteiger partial charge in [-0.15, -0.1) is 0 Å². The highest BCUT2D eigenvalue weighted by atomic mass is 16.5. The van der Waals surface area contributed by atoms with Crippen LogP contribution in [0.5, 0.6) is 0 Å². The number of Topliss-reactive ketones (excluding diaryl/α,β-unsaturated/α-hetero) is 1. The Morgan fingerprint density at radius 1 is 0.873 bits per heavy atom. The number of likely N-dealkylation sites (N-methyl/N-ethyl adjacent to an activating group) is 1. The number of methoxy groups -OCH3 is 1. The van der Waals surface area contributed by atoms with Crippen molar-refractivity contribution >= 4 is 45.6 Å². The molecular formula is C42H57N7O6. The van der Waals surface area contributed by atoms with Gasteiger partial charge < -0.3 is 35.3 Å². The van der Waals surface area contributed by atoms with E-state index in [0.29, 0.717) is 82.7 Å². The molecule has 13 nitrogen and oxygen atoms in total. The second kappa shape index (κ2) is 17.7. The second-order valence-corrected chi connectivity index (χ2v) is 15.2. The number of hydrogen-bond acceptors (Lipinski definition) is 9. The number of ketones is 1. The summed E-state index contributed by atoms with van der Waals surface area (Å²) in [5.74, 6) is -1.39. The summed E-state index contributed by atoms with van der Waals surface area (Å²) >= 11 is 0. The van der Waals surface area contributed by atoms with Crippen LogP contribution < -0.4 is 10.6 Å². The predicted molar refractivity (Wildman–Crippen MR) is 214 cm³/mol. The molecule has 0 radical (unpaired) electrons. The van der Waals surface area contributed by atoms with E-state index in [-0.39, 0.29) is 60.7 Å². The first kappa shape index (κ1) is 41.3. The largest absolute Gasteiger partial charge is 0.469 e. The summed E-state index contributed by atoms with van der Waals surface area (Å²) in [4.78, 5) is 73.1. The van der Waals surface area contributed by atoms with E-state index in [0.717, 1.165) is 28.9 Å². The van der Waals surface area contributed by atoms with Gasteiger partial charge in [-0.1, -0.05) is 20.8 Å². The molecule has 0 spiro atoms. The number of aryl methyl sites for hydroxylation is 2. The molecule has 0 fully saturated rings. The average molecular weight is 756 g/mol. The van der Waals surface area contributed by atoms with Gasteiger partial charge in [0, 0.05) is 95.6 Å². The summed E-state index contributed by atoms with van der Waals surface area (Å²) in [6.45, 7) is 13.1. The van der Waals surface area contributed by atoms with E-state index in [1.54, 1.807) is 6.92 Å². The number of nitrogens with one attached hydrogen (secondary N) is 4. The molecule has 3 aromatic rings. The van der Waals surface area contributed by atoms with Gasteiger partial charge in [0.15, 0.2) is 5.78 Å². The van der Waals surface area contributed by atoms with Crippen molar-refractivity contribution in [3.8, 4) is 0 Å².